The zero-order valence-corrected chi connectivity index (χ0v) is 13.8. The molecule has 1 aromatic rings. The normalized spacial score (nSPS) is 17.0. The van der Waals surface area contributed by atoms with Gasteiger partial charge >= 0.3 is 0 Å². The van der Waals surface area contributed by atoms with Gasteiger partial charge in [-0.1, -0.05) is 32.6 Å². The first-order chi connectivity index (χ1) is 10.7. The molecule has 3 nitrogen and oxygen atoms in total. The molecule has 0 atom stereocenters. The van der Waals surface area contributed by atoms with Gasteiger partial charge in [0.2, 0.25) is 0 Å². The van der Waals surface area contributed by atoms with Crippen LogP contribution in [0.4, 0.5) is 5.69 Å². The highest BCUT2D eigenvalue weighted by atomic mass is 15.1. The van der Waals surface area contributed by atoms with Crippen molar-refractivity contribution >= 4 is 11.4 Å². The van der Waals surface area contributed by atoms with Crippen molar-refractivity contribution in [2.24, 2.45) is 0 Å². The third-order valence-corrected chi connectivity index (χ3v) is 4.60. The molecule has 2 heterocycles. The predicted molar refractivity (Wildman–Crippen MR) is 94.6 cm³/mol. The first-order valence-corrected chi connectivity index (χ1v) is 8.52. The number of nitrogens with one attached hydrogen (secondary N) is 2. The summed E-state index contributed by atoms with van der Waals surface area (Å²) in [5, 5.41) is 7.08. The molecule has 0 aliphatic carbocycles. The van der Waals surface area contributed by atoms with E-state index in [-0.39, 0.29) is 0 Å². The minimum absolute atomic E-state index is 1.02. The lowest BCUT2D eigenvalue weighted by molar-refractivity contribution is 0.280. The highest BCUT2D eigenvalue weighted by Crippen LogP contribution is 2.37. The van der Waals surface area contributed by atoms with E-state index in [9.17, 15) is 0 Å². The van der Waals surface area contributed by atoms with Gasteiger partial charge in [-0.2, -0.15) is 0 Å². The van der Waals surface area contributed by atoms with Crippen LogP contribution < -0.4 is 10.6 Å². The van der Waals surface area contributed by atoms with Crippen LogP contribution in [0.15, 0.2) is 36.0 Å². The molecule has 0 radical (unpaired) electrons. The minimum Gasteiger partial charge on any atom is -0.384 e. The molecule has 118 valence electrons. The van der Waals surface area contributed by atoms with E-state index in [4.69, 9.17) is 0 Å². The zero-order valence-electron chi connectivity index (χ0n) is 13.8. The summed E-state index contributed by atoms with van der Waals surface area (Å²) in [5.41, 5.74) is 7.57. The van der Waals surface area contributed by atoms with Gasteiger partial charge in [0.25, 0.3) is 0 Å². The summed E-state index contributed by atoms with van der Waals surface area (Å²) in [4.78, 5) is 2.49. The van der Waals surface area contributed by atoms with Gasteiger partial charge in [-0.25, -0.2) is 0 Å². The molecule has 1 aromatic carbocycles. The van der Waals surface area contributed by atoms with Gasteiger partial charge < -0.3 is 10.6 Å². The maximum atomic E-state index is 4.21. The average Bonchev–Trinajstić information content (AvgIpc) is 2.54. The molecule has 0 bridgehead atoms. The van der Waals surface area contributed by atoms with Crippen LogP contribution in [0, 0.1) is 0 Å². The fraction of sp³-hybridized carbons (Fsp3) is 0.474. The molecule has 0 aromatic heterocycles. The molecule has 2 aliphatic heterocycles. The quantitative estimate of drug-likeness (QED) is 0.861. The van der Waals surface area contributed by atoms with E-state index < -0.39 is 0 Å². The van der Waals surface area contributed by atoms with Gasteiger partial charge in [-0.3, -0.25) is 4.90 Å². The topological polar surface area (TPSA) is 27.3 Å². The minimum atomic E-state index is 1.02. The maximum absolute atomic E-state index is 4.21. The van der Waals surface area contributed by atoms with Crippen molar-refractivity contribution in [3.05, 3.63) is 47.2 Å². The molecule has 2 N–H and O–H groups in total. The van der Waals surface area contributed by atoms with Crippen molar-refractivity contribution < 1.29 is 0 Å². The molecule has 22 heavy (non-hydrogen) atoms. The maximum Gasteiger partial charge on any atom is 0.0488 e. The van der Waals surface area contributed by atoms with Crippen LogP contribution in [-0.2, 0) is 6.54 Å². The Hall–Kier alpha value is -1.74. The van der Waals surface area contributed by atoms with Crippen LogP contribution in [-0.4, -0.2) is 24.5 Å². The second-order valence-corrected chi connectivity index (χ2v) is 6.24. The highest BCUT2D eigenvalue weighted by molar-refractivity contribution is 5.85. The molecule has 2 aliphatic rings. The van der Waals surface area contributed by atoms with Crippen molar-refractivity contribution in [2.45, 2.75) is 39.7 Å². The Bertz CT molecular complexity index is 601. The average molecular weight is 297 g/mol. The van der Waals surface area contributed by atoms with Crippen LogP contribution in [0.2, 0.25) is 0 Å². The number of anilines is 1. The lowest BCUT2D eigenvalue weighted by Gasteiger charge is -2.31. The summed E-state index contributed by atoms with van der Waals surface area (Å²) < 4.78 is 0. The highest BCUT2D eigenvalue weighted by Gasteiger charge is 2.23. The second-order valence-electron chi connectivity index (χ2n) is 6.24. The lowest BCUT2D eigenvalue weighted by Crippen LogP contribution is -2.27. The van der Waals surface area contributed by atoms with Gasteiger partial charge in [-0.15, -0.1) is 0 Å². The van der Waals surface area contributed by atoms with Crippen LogP contribution >= 0.6 is 0 Å². The van der Waals surface area contributed by atoms with Gasteiger partial charge in [0, 0.05) is 35.7 Å². The summed E-state index contributed by atoms with van der Waals surface area (Å²) in [6, 6.07) is 6.82. The summed E-state index contributed by atoms with van der Waals surface area (Å²) in [5.74, 6) is 0. The Balaban J connectivity index is 1.87. The Kier molecular flexibility index (Phi) is 4.53. The van der Waals surface area contributed by atoms with Crippen LogP contribution in [0.1, 0.15) is 44.2 Å². The second kappa shape index (κ2) is 6.57. The summed E-state index contributed by atoms with van der Waals surface area (Å²) in [6.07, 6.45) is 3.51. The van der Waals surface area contributed by atoms with Crippen molar-refractivity contribution in [1.29, 1.82) is 0 Å². The van der Waals surface area contributed by atoms with Gasteiger partial charge in [-0.05, 0) is 49.6 Å². The largest absolute Gasteiger partial charge is 0.384 e. The molecule has 0 spiro atoms. The fourth-order valence-electron chi connectivity index (χ4n) is 3.44. The Morgan fingerprint density at radius 2 is 2.14 bits per heavy atom. The summed E-state index contributed by atoms with van der Waals surface area (Å²) in [6.45, 7) is 13.0. The third-order valence-electron chi connectivity index (χ3n) is 4.60. The zero-order chi connectivity index (χ0) is 15.5. The molecule has 0 saturated carbocycles. The van der Waals surface area contributed by atoms with Crippen molar-refractivity contribution in [2.75, 3.05) is 25.0 Å². The van der Waals surface area contributed by atoms with E-state index in [1.165, 1.54) is 40.9 Å². The van der Waals surface area contributed by atoms with E-state index in [0.29, 0.717) is 0 Å². The molecule has 0 amide bonds. The summed E-state index contributed by atoms with van der Waals surface area (Å²) in [7, 11) is 0. The van der Waals surface area contributed by atoms with Gasteiger partial charge in [0.15, 0.2) is 0 Å². The van der Waals surface area contributed by atoms with E-state index in [0.717, 1.165) is 38.3 Å². The molecule has 0 unspecified atom stereocenters. The molecule has 3 rings (SSSR count). The first kappa shape index (κ1) is 15.2. The first-order valence-electron chi connectivity index (χ1n) is 8.52. The number of hydrogen-bond donors (Lipinski definition) is 2. The van der Waals surface area contributed by atoms with Crippen molar-refractivity contribution in [1.82, 2.24) is 10.2 Å². The van der Waals surface area contributed by atoms with Crippen LogP contribution in [0.25, 0.3) is 5.70 Å². The Morgan fingerprint density at radius 1 is 1.27 bits per heavy atom. The van der Waals surface area contributed by atoms with Crippen molar-refractivity contribution in [3.8, 4) is 0 Å². The number of rotatable bonds is 5. The summed E-state index contributed by atoms with van der Waals surface area (Å²) >= 11 is 0. The standard InChI is InChI=1S/C19H27N3/c1-4-11-22(5-2)13-15-8-9-17-18(12-15)21-14(3)16-7-6-10-20-19(16)17/h8-9,12,20-21H,3-7,10-11,13H2,1-2H3. The van der Waals surface area contributed by atoms with Crippen molar-refractivity contribution in [3.63, 3.8) is 0 Å². The number of fused-ring (bicyclic) bond motifs is 2. The SMILES string of the molecule is C=C1Nc2cc(CN(CC)CCC)ccc2C2=C1CCCN2. The van der Waals surface area contributed by atoms with Gasteiger partial charge in [0.05, 0.1) is 0 Å². The fourth-order valence-corrected chi connectivity index (χ4v) is 3.44. The predicted octanol–water partition coefficient (Wildman–Crippen LogP) is 3.95. The van der Waals surface area contributed by atoms with E-state index >= 15 is 0 Å². The van der Waals surface area contributed by atoms with Crippen LogP contribution in [0.3, 0.4) is 0 Å². The number of hydrogen-bond acceptors (Lipinski definition) is 3. The Morgan fingerprint density at radius 3 is 2.91 bits per heavy atom. The third kappa shape index (κ3) is 2.91. The molecule has 0 saturated heterocycles. The van der Waals surface area contributed by atoms with Gasteiger partial charge in [0.1, 0.15) is 0 Å². The number of benzene rings is 1. The monoisotopic (exact) mass is 297 g/mol. The smallest absolute Gasteiger partial charge is 0.0488 e. The van der Waals surface area contributed by atoms with E-state index in [1.54, 1.807) is 0 Å². The molecule has 3 heteroatoms. The van der Waals surface area contributed by atoms with Crippen LogP contribution in [0.5, 0.6) is 0 Å². The molecule has 0 fully saturated rings. The van der Waals surface area contributed by atoms with E-state index in [1.807, 2.05) is 0 Å². The molecular weight excluding hydrogens is 270 g/mol. The number of nitrogens with zero attached hydrogens (tertiary/aromatic N) is 1. The Labute approximate surface area is 134 Å². The lowest BCUT2D eigenvalue weighted by atomic mass is 9.91. The van der Waals surface area contributed by atoms with E-state index in [2.05, 4.69) is 54.2 Å². The number of allylic oxidation sites excluding steroid dienone is 1. The molecular formula is C19H27N3.